The van der Waals surface area contributed by atoms with Gasteiger partial charge in [-0.05, 0) is 18.2 Å². The number of hydrogen-bond donors (Lipinski definition) is 0. The molecular formula is C15H19ClN2O6S. The molecule has 0 atom stereocenters. The van der Waals surface area contributed by atoms with Crippen molar-refractivity contribution >= 4 is 33.5 Å². The van der Waals surface area contributed by atoms with Crippen LogP contribution >= 0.6 is 11.6 Å². The van der Waals surface area contributed by atoms with Gasteiger partial charge in [0.05, 0.1) is 13.4 Å². The molecule has 1 fully saturated rings. The Kier molecular flexibility index (Phi) is 6.26. The Morgan fingerprint density at radius 1 is 1.20 bits per heavy atom. The summed E-state index contributed by atoms with van der Waals surface area (Å²) in [5.74, 6) is -0.718. The number of hydrogen-bond acceptors (Lipinski definition) is 6. The standard InChI is InChI=1S/C15H19ClN2O6S/c1-23-15(20)12-9-11(16)3-4-13(12)24-10-14(19)17-5-7-18(8-6-17)25(2,21)22/h3-4,9H,5-8,10H2,1-2H3. The van der Waals surface area contributed by atoms with Crippen molar-refractivity contribution in [2.24, 2.45) is 0 Å². The number of halogens is 1. The fourth-order valence-electron chi connectivity index (χ4n) is 2.40. The minimum Gasteiger partial charge on any atom is -0.483 e. The number of esters is 1. The lowest BCUT2D eigenvalue weighted by Crippen LogP contribution is -2.51. The molecule has 1 heterocycles. The van der Waals surface area contributed by atoms with Crippen molar-refractivity contribution in [3.05, 3.63) is 28.8 Å². The molecular weight excluding hydrogens is 372 g/mol. The maximum absolute atomic E-state index is 12.2. The van der Waals surface area contributed by atoms with Gasteiger partial charge in [-0.15, -0.1) is 0 Å². The third-order valence-corrected chi connectivity index (χ3v) is 5.30. The number of carbonyl (C=O) groups is 2. The second-order valence-electron chi connectivity index (χ2n) is 5.46. The molecule has 8 nitrogen and oxygen atoms in total. The summed E-state index contributed by atoms with van der Waals surface area (Å²) < 4.78 is 34.4. The zero-order valence-corrected chi connectivity index (χ0v) is 15.5. The van der Waals surface area contributed by atoms with Crippen LogP contribution in [0.5, 0.6) is 5.75 Å². The molecule has 138 valence electrons. The molecule has 0 bridgehead atoms. The van der Waals surface area contributed by atoms with Gasteiger partial charge >= 0.3 is 5.97 Å². The molecule has 1 aliphatic rings. The van der Waals surface area contributed by atoms with Crippen molar-refractivity contribution < 1.29 is 27.5 Å². The zero-order valence-electron chi connectivity index (χ0n) is 13.9. The third kappa shape index (κ3) is 5.07. The average molecular weight is 391 g/mol. The van der Waals surface area contributed by atoms with E-state index in [0.29, 0.717) is 18.1 Å². The number of piperazine rings is 1. The van der Waals surface area contributed by atoms with Crippen LogP contribution in [0.15, 0.2) is 18.2 Å². The highest BCUT2D eigenvalue weighted by molar-refractivity contribution is 7.88. The van der Waals surface area contributed by atoms with Crippen molar-refractivity contribution in [1.82, 2.24) is 9.21 Å². The highest BCUT2D eigenvalue weighted by Crippen LogP contribution is 2.23. The van der Waals surface area contributed by atoms with Gasteiger partial charge in [0.15, 0.2) is 6.61 Å². The van der Waals surface area contributed by atoms with Crippen molar-refractivity contribution in [1.29, 1.82) is 0 Å². The summed E-state index contributed by atoms with van der Waals surface area (Å²) >= 11 is 5.86. The van der Waals surface area contributed by atoms with Crippen molar-refractivity contribution in [2.75, 3.05) is 46.2 Å². The van der Waals surface area contributed by atoms with Gasteiger partial charge in [0.2, 0.25) is 10.0 Å². The first-order chi connectivity index (χ1) is 11.7. The summed E-state index contributed by atoms with van der Waals surface area (Å²) in [7, 11) is -2.02. The van der Waals surface area contributed by atoms with Gasteiger partial charge in [0.1, 0.15) is 11.3 Å². The SMILES string of the molecule is COC(=O)c1cc(Cl)ccc1OCC(=O)N1CCN(S(C)(=O)=O)CC1. The molecule has 1 aromatic rings. The molecule has 1 aromatic carbocycles. The van der Waals surface area contributed by atoms with Crippen LogP contribution in [0.2, 0.25) is 5.02 Å². The molecule has 0 N–H and O–H groups in total. The van der Waals surface area contributed by atoms with Gasteiger partial charge in [-0.2, -0.15) is 4.31 Å². The predicted molar refractivity (Wildman–Crippen MR) is 91.3 cm³/mol. The first-order valence-corrected chi connectivity index (χ1v) is 9.68. The molecule has 1 aliphatic heterocycles. The summed E-state index contributed by atoms with van der Waals surface area (Å²) in [6.45, 7) is 0.807. The van der Waals surface area contributed by atoms with E-state index >= 15 is 0 Å². The largest absolute Gasteiger partial charge is 0.483 e. The van der Waals surface area contributed by atoms with E-state index in [0.717, 1.165) is 6.26 Å². The molecule has 0 radical (unpaired) electrons. The fraction of sp³-hybridized carbons (Fsp3) is 0.467. The number of carbonyl (C=O) groups excluding carboxylic acids is 2. The Labute approximate surface area is 151 Å². The van der Waals surface area contributed by atoms with Gasteiger partial charge in [-0.3, -0.25) is 4.79 Å². The lowest BCUT2D eigenvalue weighted by molar-refractivity contribution is -0.134. The summed E-state index contributed by atoms with van der Waals surface area (Å²) in [6, 6.07) is 4.43. The average Bonchev–Trinajstić information content (AvgIpc) is 2.59. The van der Waals surface area contributed by atoms with Crippen LogP contribution in [0.3, 0.4) is 0 Å². The molecule has 0 saturated carbocycles. The Balaban J connectivity index is 1.96. The third-order valence-electron chi connectivity index (χ3n) is 3.76. The highest BCUT2D eigenvalue weighted by atomic mass is 35.5. The lowest BCUT2D eigenvalue weighted by Gasteiger charge is -2.33. The van der Waals surface area contributed by atoms with Gasteiger partial charge in [0, 0.05) is 31.2 Å². The van der Waals surface area contributed by atoms with Gasteiger partial charge in [-0.1, -0.05) is 11.6 Å². The van der Waals surface area contributed by atoms with E-state index in [1.54, 1.807) is 6.07 Å². The van der Waals surface area contributed by atoms with E-state index in [1.165, 1.54) is 28.4 Å². The Morgan fingerprint density at radius 3 is 2.40 bits per heavy atom. The summed E-state index contributed by atoms with van der Waals surface area (Å²) in [6.07, 6.45) is 1.14. The second kappa shape index (κ2) is 8.03. The molecule has 0 aromatic heterocycles. The van der Waals surface area contributed by atoms with Crippen LogP contribution in [0.4, 0.5) is 0 Å². The van der Waals surface area contributed by atoms with Gasteiger partial charge < -0.3 is 14.4 Å². The molecule has 1 amide bonds. The molecule has 10 heteroatoms. The maximum atomic E-state index is 12.2. The predicted octanol–water partition coefficient (Wildman–Crippen LogP) is 0.609. The first kappa shape index (κ1) is 19.5. The number of methoxy groups -OCH3 is 1. The van der Waals surface area contributed by atoms with E-state index < -0.39 is 16.0 Å². The van der Waals surface area contributed by atoms with E-state index in [9.17, 15) is 18.0 Å². The van der Waals surface area contributed by atoms with Crippen LogP contribution in [-0.2, 0) is 19.6 Å². The van der Waals surface area contributed by atoms with Gasteiger partial charge in [0.25, 0.3) is 5.91 Å². The number of amides is 1. The smallest absolute Gasteiger partial charge is 0.341 e. The maximum Gasteiger partial charge on any atom is 0.341 e. The van der Waals surface area contributed by atoms with E-state index in [1.807, 2.05) is 0 Å². The minimum absolute atomic E-state index is 0.129. The van der Waals surface area contributed by atoms with Crippen molar-refractivity contribution in [3.63, 3.8) is 0 Å². The molecule has 0 spiro atoms. The van der Waals surface area contributed by atoms with Gasteiger partial charge in [-0.25, -0.2) is 13.2 Å². The van der Waals surface area contributed by atoms with Crippen molar-refractivity contribution in [2.45, 2.75) is 0 Å². The van der Waals surface area contributed by atoms with E-state index in [2.05, 4.69) is 4.74 Å². The van der Waals surface area contributed by atoms with Crippen LogP contribution in [0, 0.1) is 0 Å². The first-order valence-electron chi connectivity index (χ1n) is 7.46. The molecule has 0 unspecified atom stereocenters. The normalized spacial score (nSPS) is 15.7. The number of benzene rings is 1. The number of sulfonamides is 1. The number of nitrogens with zero attached hydrogens (tertiary/aromatic N) is 2. The van der Waals surface area contributed by atoms with Crippen molar-refractivity contribution in [3.8, 4) is 5.75 Å². The molecule has 0 aliphatic carbocycles. The van der Waals surface area contributed by atoms with E-state index in [4.69, 9.17) is 16.3 Å². The Hall–Kier alpha value is -1.84. The molecule has 1 saturated heterocycles. The number of ether oxygens (including phenoxy) is 2. The molecule has 25 heavy (non-hydrogen) atoms. The zero-order chi connectivity index (χ0) is 18.6. The Morgan fingerprint density at radius 2 is 1.84 bits per heavy atom. The summed E-state index contributed by atoms with van der Waals surface area (Å²) in [5.41, 5.74) is 0.129. The van der Waals surface area contributed by atoms with Crippen LogP contribution < -0.4 is 4.74 Å². The highest BCUT2D eigenvalue weighted by Gasteiger charge is 2.26. The van der Waals surface area contributed by atoms with E-state index in [-0.39, 0.29) is 36.9 Å². The minimum atomic E-state index is -3.25. The summed E-state index contributed by atoms with van der Waals surface area (Å²) in [4.78, 5) is 25.5. The van der Waals surface area contributed by atoms with Crippen LogP contribution in [0.25, 0.3) is 0 Å². The Bertz CT molecular complexity index is 759. The summed E-state index contributed by atoms with van der Waals surface area (Å²) in [5, 5.41) is 0.343. The fourth-order valence-corrected chi connectivity index (χ4v) is 3.40. The molecule has 2 rings (SSSR count). The quantitative estimate of drug-likeness (QED) is 0.684. The van der Waals surface area contributed by atoms with Crippen LogP contribution in [-0.4, -0.2) is 75.7 Å². The lowest BCUT2D eigenvalue weighted by atomic mass is 10.2. The monoisotopic (exact) mass is 390 g/mol. The number of rotatable bonds is 5. The topological polar surface area (TPSA) is 93.2 Å². The van der Waals surface area contributed by atoms with Crippen LogP contribution in [0.1, 0.15) is 10.4 Å². The second-order valence-corrected chi connectivity index (χ2v) is 7.88.